The second kappa shape index (κ2) is 7.86. The number of rotatable bonds is 5. The molecule has 6 nitrogen and oxygen atoms in total. The van der Waals surface area contributed by atoms with Gasteiger partial charge in [-0.1, -0.05) is 29.3 Å². The number of carbonyl (C=O) groups is 1. The molecule has 0 spiro atoms. The summed E-state index contributed by atoms with van der Waals surface area (Å²) in [5, 5.41) is 17.0. The van der Waals surface area contributed by atoms with Gasteiger partial charge in [-0.25, -0.2) is 9.67 Å². The van der Waals surface area contributed by atoms with E-state index in [2.05, 4.69) is 15.4 Å². The Bertz CT molecular complexity index is 939. The van der Waals surface area contributed by atoms with Gasteiger partial charge in [-0.15, -0.1) is 5.10 Å². The zero-order valence-corrected chi connectivity index (χ0v) is 15.4. The first kappa shape index (κ1) is 18.4. The highest BCUT2D eigenvalue weighted by atomic mass is 35.5. The van der Waals surface area contributed by atoms with Gasteiger partial charge in [0.25, 0.3) is 5.91 Å². The zero-order chi connectivity index (χ0) is 18.7. The van der Waals surface area contributed by atoms with Gasteiger partial charge in [0.1, 0.15) is 0 Å². The average molecular weight is 391 g/mol. The minimum Gasteiger partial charge on any atom is -0.395 e. The molecule has 2 N–H and O–H groups in total. The van der Waals surface area contributed by atoms with Crippen LogP contribution in [0.25, 0.3) is 17.1 Å². The third-order valence-electron chi connectivity index (χ3n) is 3.78. The van der Waals surface area contributed by atoms with Crippen LogP contribution >= 0.6 is 23.2 Å². The summed E-state index contributed by atoms with van der Waals surface area (Å²) in [6, 6.07) is 12.5. The molecule has 3 aromatic rings. The number of amides is 1. The van der Waals surface area contributed by atoms with Crippen molar-refractivity contribution >= 4 is 29.1 Å². The Labute approximate surface area is 160 Å². The van der Waals surface area contributed by atoms with Crippen LogP contribution in [-0.4, -0.2) is 38.9 Å². The molecule has 1 aromatic heterocycles. The first-order chi connectivity index (χ1) is 12.5. The van der Waals surface area contributed by atoms with Gasteiger partial charge in [0.05, 0.1) is 12.3 Å². The summed E-state index contributed by atoms with van der Waals surface area (Å²) in [6.45, 7) is 1.83. The standard InChI is InChI=1S/C18H16Cl2N4O2/c1-11-14(20)3-2-4-15(11)24-17(12-5-7-13(19)8-6-12)22-16(23-24)18(26)21-9-10-25/h2-8,25H,9-10H2,1H3,(H,21,26). The maximum absolute atomic E-state index is 12.2. The van der Waals surface area contributed by atoms with Crippen molar-refractivity contribution in [2.75, 3.05) is 13.2 Å². The Hall–Kier alpha value is -2.41. The van der Waals surface area contributed by atoms with Crippen LogP contribution in [0.5, 0.6) is 0 Å². The van der Waals surface area contributed by atoms with Crippen molar-refractivity contribution in [1.82, 2.24) is 20.1 Å². The molecule has 3 rings (SSSR count). The number of benzene rings is 2. The topological polar surface area (TPSA) is 80.0 Å². The van der Waals surface area contributed by atoms with Crippen LogP contribution in [0.4, 0.5) is 0 Å². The minimum atomic E-state index is -0.465. The maximum Gasteiger partial charge on any atom is 0.291 e. The Morgan fingerprint density at radius 3 is 2.62 bits per heavy atom. The van der Waals surface area contributed by atoms with E-state index in [1.54, 1.807) is 35.0 Å². The molecule has 134 valence electrons. The van der Waals surface area contributed by atoms with Gasteiger partial charge in [0.15, 0.2) is 5.82 Å². The SMILES string of the molecule is Cc1c(Cl)cccc1-n1nc(C(=O)NCCO)nc1-c1ccc(Cl)cc1. The number of aliphatic hydroxyl groups excluding tert-OH is 1. The molecule has 0 bridgehead atoms. The molecule has 0 saturated heterocycles. The Kier molecular flexibility index (Phi) is 5.56. The first-order valence-corrected chi connectivity index (χ1v) is 8.64. The van der Waals surface area contributed by atoms with E-state index in [0.29, 0.717) is 15.9 Å². The van der Waals surface area contributed by atoms with Crippen LogP contribution in [0.1, 0.15) is 16.2 Å². The molecule has 0 aliphatic heterocycles. The molecule has 0 aliphatic rings. The summed E-state index contributed by atoms with van der Waals surface area (Å²) in [5.74, 6) is 0.0247. The van der Waals surface area contributed by atoms with Crippen molar-refractivity contribution in [2.24, 2.45) is 0 Å². The smallest absolute Gasteiger partial charge is 0.291 e. The highest BCUT2D eigenvalue weighted by Gasteiger charge is 2.20. The lowest BCUT2D eigenvalue weighted by atomic mass is 10.1. The largest absolute Gasteiger partial charge is 0.395 e. The van der Waals surface area contributed by atoms with E-state index in [9.17, 15) is 4.79 Å². The fraction of sp³-hybridized carbons (Fsp3) is 0.167. The molecule has 1 heterocycles. The van der Waals surface area contributed by atoms with Crippen molar-refractivity contribution in [3.05, 3.63) is 63.9 Å². The van der Waals surface area contributed by atoms with E-state index >= 15 is 0 Å². The predicted molar refractivity (Wildman–Crippen MR) is 101 cm³/mol. The molecule has 0 unspecified atom stereocenters. The zero-order valence-electron chi connectivity index (χ0n) is 13.9. The van der Waals surface area contributed by atoms with Gasteiger partial charge >= 0.3 is 0 Å². The van der Waals surface area contributed by atoms with E-state index < -0.39 is 5.91 Å². The second-order valence-electron chi connectivity index (χ2n) is 5.54. The summed E-state index contributed by atoms with van der Waals surface area (Å²) in [6.07, 6.45) is 0. The van der Waals surface area contributed by atoms with Crippen molar-refractivity contribution in [3.8, 4) is 17.1 Å². The monoisotopic (exact) mass is 390 g/mol. The molecule has 0 aliphatic carbocycles. The van der Waals surface area contributed by atoms with Crippen LogP contribution < -0.4 is 5.32 Å². The van der Waals surface area contributed by atoms with Crippen molar-refractivity contribution < 1.29 is 9.90 Å². The average Bonchev–Trinajstić information content (AvgIpc) is 3.08. The number of carbonyl (C=O) groups excluding carboxylic acids is 1. The summed E-state index contributed by atoms with van der Waals surface area (Å²) in [7, 11) is 0. The van der Waals surface area contributed by atoms with Gasteiger partial charge in [-0.05, 0) is 48.9 Å². The Balaban J connectivity index is 2.14. The molecule has 0 fully saturated rings. The third kappa shape index (κ3) is 3.72. The lowest BCUT2D eigenvalue weighted by molar-refractivity contribution is 0.0934. The van der Waals surface area contributed by atoms with Crippen molar-refractivity contribution in [1.29, 1.82) is 0 Å². The third-order valence-corrected chi connectivity index (χ3v) is 4.44. The van der Waals surface area contributed by atoms with Crippen LogP contribution in [0.15, 0.2) is 42.5 Å². The molecule has 26 heavy (non-hydrogen) atoms. The second-order valence-corrected chi connectivity index (χ2v) is 6.38. The Morgan fingerprint density at radius 2 is 1.92 bits per heavy atom. The summed E-state index contributed by atoms with van der Waals surface area (Å²) in [5.41, 5.74) is 2.29. The Morgan fingerprint density at radius 1 is 1.19 bits per heavy atom. The van der Waals surface area contributed by atoms with E-state index in [4.69, 9.17) is 28.3 Å². The fourth-order valence-electron chi connectivity index (χ4n) is 2.44. The molecular formula is C18H16Cl2N4O2. The van der Waals surface area contributed by atoms with Gasteiger partial charge in [-0.3, -0.25) is 4.79 Å². The van der Waals surface area contributed by atoms with E-state index in [0.717, 1.165) is 16.8 Å². The minimum absolute atomic E-state index is 0.00257. The van der Waals surface area contributed by atoms with Gasteiger partial charge < -0.3 is 10.4 Å². The number of nitrogens with zero attached hydrogens (tertiary/aromatic N) is 3. The number of aliphatic hydroxyl groups is 1. The number of nitrogens with one attached hydrogen (secondary N) is 1. The highest BCUT2D eigenvalue weighted by Crippen LogP contribution is 2.27. The number of hydrogen-bond donors (Lipinski definition) is 2. The van der Waals surface area contributed by atoms with Gasteiger partial charge in [0.2, 0.25) is 5.82 Å². The highest BCUT2D eigenvalue weighted by molar-refractivity contribution is 6.31. The number of aromatic nitrogens is 3. The van der Waals surface area contributed by atoms with Gasteiger partial charge in [-0.2, -0.15) is 0 Å². The predicted octanol–water partition coefficient (Wildman–Crippen LogP) is 3.27. The van der Waals surface area contributed by atoms with Crippen LogP contribution in [0.3, 0.4) is 0 Å². The molecular weight excluding hydrogens is 375 g/mol. The van der Waals surface area contributed by atoms with Crippen molar-refractivity contribution in [2.45, 2.75) is 6.92 Å². The molecule has 0 atom stereocenters. The van der Waals surface area contributed by atoms with Crippen molar-refractivity contribution in [3.63, 3.8) is 0 Å². The normalized spacial score (nSPS) is 10.8. The molecule has 8 heteroatoms. The quantitative estimate of drug-likeness (QED) is 0.700. The molecule has 0 radical (unpaired) electrons. The maximum atomic E-state index is 12.2. The van der Waals surface area contributed by atoms with E-state index in [1.807, 2.05) is 19.1 Å². The molecule has 2 aromatic carbocycles. The van der Waals surface area contributed by atoms with Crippen LogP contribution in [0.2, 0.25) is 10.0 Å². The summed E-state index contributed by atoms with van der Waals surface area (Å²) < 4.78 is 1.58. The fourth-order valence-corrected chi connectivity index (χ4v) is 2.73. The van der Waals surface area contributed by atoms with E-state index in [1.165, 1.54) is 0 Å². The number of hydrogen-bond acceptors (Lipinski definition) is 4. The number of halogens is 2. The van der Waals surface area contributed by atoms with E-state index in [-0.39, 0.29) is 19.0 Å². The summed E-state index contributed by atoms with van der Waals surface area (Å²) >= 11 is 12.2. The first-order valence-electron chi connectivity index (χ1n) is 7.89. The lowest BCUT2D eigenvalue weighted by Gasteiger charge is -2.10. The van der Waals surface area contributed by atoms with Crippen LogP contribution in [0, 0.1) is 6.92 Å². The molecule has 1 amide bonds. The summed E-state index contributed by atoms with van der Waals surface area (Å²) in [4.78, 5) is 16.6. The van der Waals surface area contributed by atoms with Crippen LogP contribution in [-0.2, 0) is 0 Å². The molecule has 0 saturated carbocycles. The van der Waals surface area contributed by atoms with Gasteiger partial charge in [0, 0.05) is 22.2 Å². The lowest BCUT2D eigenvalue weighted by Crippen LogP contribution is -2.27.